The van der Waals surface area contributed by atoms with Gasteiger partial charge in [-0.25, -0.2) is 4.98 Å². The Morgan fingerprint density at radius 1 is 0.737 bits per heavy atom. The van der Waals surface area contributed by atoms with Crippen LogP contribution in [0.5, 0.6) is 5.75 Å². The molecule has 0 aliphatic rings. The van der Waals surface area contributed by atoms with E-state index in [2.05, 4.69) is 66.7 Å². The molecule has 0 saturated heterocycles. The molecule has 3 aromatic heterocycles. The van der Waals surface area contributed by atoms with Gasteiger partial charge in [0.25, 0.3) is 0 Å². The SMILES string of the molecule is Cc1cc(C)c(O)c(-c2cccc(-n3c4ccc(C(C)(C)C)cc4c4ccc(-c5ccccn5)cc43)n2)c1. The Labute approximate surface area is 223 Å². The van der Waals surface area contributed by atoms with Gasteiger partial charge in [0.2, 0.25) is 0 Å². The summed E-state index contributed by atoms with van der Waals surface area (Å²) in [6.45, 7) is 10.7. The predicted molar refractivity (Wildman–Crippen MR) is 157 cm³/mol. The lowest BCUT2D eigenvalue weighted by Gasteiger charge is -2.19. The maximum Gasteiger partial charge on any atom is 0.138 e. The number of hydrogen-bond donors (Lipinski definition) is 1. The van der Waals surface area contributed by atoms with E-state index in [4.69, 9.17) is 4.98 Å². The van der Waals surface area contributed by atoms with E-state index in [1.54, 1.807) is 0 Å². The fourth-order valence-corrected chi connectivity index (χ4v) is 5.28. The smallest absolute Gasteiger partial charge is 0.138 e. The summed E-state index contributed by atoms with van der Waals surface area (Å²) in [4.78, 5) is 9.68. The molecule has 0 saturated carbocycles. The number of aromatic nitrogens is 3. The minimum atomic E-state index is 0.0369. The summed E-state index contributed by atoms with van der Waals surface area (Å²) < 4.78 is 2.23. The summed E-state index contributed by atoms with van der Waals surface area (Å²) in [5, 5.41) is 13.2. The van der Waals surface area contributed by atoms with Gasteiger partial charge in [0.15, 0.2) is 0 Å². The number of nitrogens with zero attached hydrogens (tertiary/aromatic N) is 3. The van der Waals surface area contributed by atoms with E-state index in [-0.39, 0.29) is 11.2 Å². The van der Waals surface area contributed by atoms with E-state index in [0.717, 1.165) is 50.5 Å². The highest BCUT2D eigenvalue weighted by Gasteiger charge is 2.20. The Morgan fingerprint density at radius 3 is 2.32 bits per heavy atom. The molecule has 38 heavy (non-hydrogen) atoms. The molecule has 4 nitrogen and oxygen atoms in total. The highest BCUT2D eigenvalue weighted by Crippen LogP contribution is 2.38. The van der Waals surface area contributed by atoms with Crippen LogP contribution in [0.4, 0.5) is 0 Å². The van der Waals surface area contributed by atoms with E-state index in [1.807, 2.05) is 68.6 Å². The van der Waals surface area contributed by atoms with Crippen LogP contribution in [0.15, 0.2) is 91.1 Å². The Bertz CT molecular complexity index is 1830. The first-order valence-corrected chi connectivity index (χ1v) is 13.0. The summed E-state index contributed by atoms with van der Waals surface area (Å²) in [5.41, 5.74) is 8.92. The molecule has 0 unspecified atom stereocenters. The normalized spacial score (nSPS) is 11.9. The topological polar surface area (TPSA) is 50.9 Å². The Balaban J connectivity index is 1.64. The molecule has 3 aromatic carbocycles. The van der Waals surface area contributed by atoms with Gasteiger partial charge < -0.3 is 5.11 Å². The van der Waals surface area contributed by atoms with Crippen LogP contribution in [0.3, 0.4) is 0 Å². The van der Waals surface area contributed by atoms with Crippen molar-refractivity contribution in [1.82, 2.24) is 14.5 Å². The molecule has 6 rings (SSSR count). The van der Waals surface area contributed by atoms with Gasteiger partial charge >= 0.3 is 0 Å². The largest absolute Gasteiger partial charge is 0.507 e. The lowest BCUT2D eigenvalue weighted by Crippen LogP contribution is -2.10. The second-order valence-electron chi connectivity index (χ2n) is 11.1. The van der Waals surface area contributed by atoms with Crippen molar-refractivity contribution in [2.75, 3.05) is 0 Å². The van der Waals surface area contributed by atoms with Crippen molar-refractivity contribution in [3.63, 3.8) is 0 Å². The number of phenols is 1. The monoisotopic (exact) mass is 497 g/mol. The molecule has 4 heteroatoms. The van der Waals surface area contributed by atoms with Crippen molar-refractivity contribution in [2.45, 2.75) is 40.0 Å². The van der Waals surface area contributed by atoms with Gasteiger partial charge in [-0.05, 0) is 84.5 Å². The number of pyridine rings is 2. The van der Waals surface area contributed by atoms with Crippen molar-refractivity contribution in [3.8, 4) is 34.1 Å². The van der Waals surface area contributed by atoms with Crippen LogP contribution >= 0.6 is 0 Å². The fraction of sp³-hybridized carbons (Fsp3) is 0.176. The summed E-state index contributed by atoms with van der Waals surface area (Å²) in [6, 6.07) is 29.3. The van der Waals surface area contributed by atoms with Gasteiger partial charge in [0.05, 0.1) is 22.4 Å². The van der Waals surface area contributed by atoms with Crippen LogP contribution in [0.25, 0.3) is 50.1 Å². The average Bonchev–Trinajstić information content (AvgIpc) is 3.24. The number of hydrogen-bond acceptors (Lipinski definition) is 3. The highest BCUT2D eigenvalue weighted by atomic mass is 16.3. The second kappa shape index (κ2) is 8.84. The number of aryl methyl sites for hydroxylation is 2. The van der Waals surface area contributed by atoms with Crippen molar-refractivity contribution in [2.24, 2.45) is 0 Å². The van der Waals surface area contributed by atoms with Crippen LogP contribution in [0, 0.1) is 13.8 Å². The van der Waals surface area contributed by atoms with Gasteiger partial charge in [-0.1, -0.05) is 57.2 Å². The summed E-state index contributed by atoms with van der Waals surface area (Å²) in [7, 11) is 0. The van der Waals surface area contributed by atoms with Crippen LogP contribution in [0.1, 0.15) is 37.5 Å². The Hall–Kier alpha value is -4.44. The van der Waals surface area contributed by atoms with Crippen LogP contribution in [-0.4, -0.2) is 19.6 Å². The molecule has 3 heterocycles. The van der Waals surface area contributed by atoms with E-state index in [1.165, 1.54) is 16.3 Å². The quantitative estimate of drug-likeness (QED) is 0.267. The minimum Gasteiger partial charge on any atom is -0.507 e. The molecule has 0 radical (unpaired) electrons. The molecule has 0 amide bonds. The van der Waals surface area contributed by atoms with Crippen LogP contribution < -0.4 is 0 Å². The van der Waals surface area contributed by atoms with E-state index in [0.29, 0.717) is 0 Å². The van der Waals surface area contributed by atoms with E-state index >= 15 is 0 Å². The molecule has 0 atom stereocenters. The van der Waals surface area contributed by atoms with Crippen LogP contribution in [-0.2, 0) is 5.41 Å². The third kappa shape index (κ3) is 4.03. The van der Waals surface area contributed by atoms with Crippen molar-refractivity contribution >= 4 is 21.8 Å². The standard InChI is InChI=1S/C34H31N3O/c1-21-17-22(2)33(38)27(18-21)29-10-8-11-32(36-29)37-30-15-13-24(34(3,4)5)20-26(30)25-14-12-23(19-31(25)37)28-9-6-7-16-35-28/h6-20,38H,1-5H3. The third-order valence-corrected chi connectivity index (χ3v) is 7.28. The van der Waals surface area contributed by atoms with Gasteiger partial charge in [-0.2, -0.15) is 0 Å². The molecule has 0 aliphatic heterocycles. The molecular weight excluding hydrogens is 466 g/mol. The molecule has 0 aliphatic carbocycles. The van der Waals surface area contributed by atoms with Gasteiger partial charge in [0.1, 0.15) is 11.6 Å². The van der Waals surface area contributed by atoms with E-state index in [9.17, 15) is 5.11 Å². The molecule has 0 spiro atoms. The maximum atomic E-state index is 10.9. The van der Waals surface area contributed by atoms with E-state index < -0.39 is 0 Å². The van der Waals surface area contributed by atoms with Crippen molar-refractivity contribution < 1.29 is 5.11 Å². The zero-order valence-electron chi connectivity index (χ0n) is 22.4. The Morgan fingerprint density at radius 2 is 1.55 bits per heavy atom. The zero-order chi connectivity index (χ0) is 26.6. The minimum absolute atomic E-state index is 0.0369. The first-order chi connectivity index (χ1) is 18.2. The molecule has 0 fully saturated rings. The van der Waals surface area contributed by atoms with Crippen molar-refractivity contribution in [3.05, 3.63) is 108 Å². The van der Waals surface area contributed by atoms with Crippen LogP contribution in [0.2, 0.25) is 0 Å². The first-order valence-electron chi connectivity index (χ1n) is 13.0. The molecular formula is C34H31N3O. The van der Waals surface area contributed by atoms with Gasteiger partial charge in [-0.3, -0.25) is 9.55 Å². The predicted octanol–water partition coefficient (Wildman–Crippen LogP) is 8.53. The molecule has 6 aromatic rings. The van der Waals surface area contributed by atoms with Gasteiger partial charge in [0, 0.05) is 28.1 Å². The highest BCUT2D eigenvalue weighted by molar-refractivity contribution is 6.10. The summed E-state index contributed by atoms with van der Waals surface area (Å²) in [6.07, 6.45) is 1.83. The number of aromatic hydroxyl groups is 1. The number of benzene rings is 3. The lowest BCUT2D eigenvalue weighted by atomic mass is 9.86. The van der Waals surface area contributed by atoms with Crippen molar-refractivity contribution in [1.29, 1.82) is 0 Å². The lowest BCUT2D eigenvalue weighted by molar-refractivity contribution is 0.473. The zero-order valence-corrected chi connectivity index (χ0v) is 22.4. The fourth-order valence-electron chi connectivity index (χ4n) is 5.28. The summed E-state index contributed by atoms with van der Waals surface area (Å²) in [5.74, 6) is 1.08. The average molecular weight is 498 g/mol. The Kier molecular flexibility index (Phi) is 5.57. The molecule has 1 N–H and O–H groups in total. The molecule has 0 bridgehead atoms. The number of rotatable bonds is 3. The van der Waals surface area contributed by atoms with Gasteiger partial charge in [-0.15, -0.1) is 0 Å². The first kappa shape index (κ1) is 23.9. The maximum absolute atomic E-state index is 10.9. The summed E-state index contributed by atoms with van der Waals surface area (Å²) >= 11 is 0. The number of phenolic OH excluding ortho intramolecular Hbond substituents is 1. The number of fused-ring (bicyclic) bond motifs is 3. The molecule has 188 valence electrons. The second-order valence-corrected chi connectivity index (χ2v) is 11.1. The third-order valence-electron chi connectivity index (χ3n) is 7.28.